The number of benzene rings is 2. The molecule has 156 valence electrons. The molecule has 0 unspecified atom stereocenters. The van der Waals surface area contributed by atoms with Crippen molar-refractivity contribution < 1.29 is 22.7 Å². The van der Waals surface area contributed by atoms with E-state index in [9.17, 15) is 13.2 Å². The molecule has 0 saturated carbocycles. The predicted octanol–water partition coefficient (Wildman–Crippen LogP) is 5.04. The lowest BCUT2D eigenvalue weighted by atomic mass is 10.2. The number of carbonyl (C=O) groups is 1. The van der Waals surface area contributed by atoms with Gasteiger partial charge in [-0.25, -0.2) is 13.2 Å². The Hall–Kier alpha value is -1.97. The number of hydrogen-bond acceptors (Lipinski definition) is 5. The molecule has 29 heavy (non-hydrogen) atoms. The lowest BCUT2D eigenvalue weighted by molar-refractivity contribution is 0.0636. The third-order valence-corrected chi connectivity index (χ3v) is 6.67. The van der Waals surface area contributed by atoms with Crippen molar-refractivity contribution in [2.24, 2.45) is 0 Å². The highest BCUT2D eigenvalue weighted by molar-refractivity contribution is 9.10. The average molecular weight is 504 g/mol. The van der Waals surface area contributed by atoms with Crippen molar-refractivity contribution >= 4 is 55.0 Å². The Bertz CT molecular complexity index is 1050. The van der Waals surface area contributed by atoms with Gasteiger partial charge in [-0.3, -0.25) is 9.62 Å². The monoisotopic (exact) mass is 502 g/mol. The molecule has 1 aliphatic heterocycles. The zero-order valence-electron chi connectivity index (χ0n) is 16.0. The quantitative estimate of drug-likeness (QED) is 0.634. The van der Waals surface area contributed by atoms with Crippen LogP contribution in [0.15, 0.2) is 45.8 Å². The van der Waals surface area contributed by atoms with Gasteiger partial charge < -0.3 is 9.47 Å². The van der Waals surface area contributed by atoms with Crippen LogP contribution in [0.5, 0.6) is 5.75 Å². The molecular weight excluding hydrogens is 484 g/mol. The summed E-state index contributed by atoms with van der Waals surface area (Å²) >= 11 is 9.44. The maximum absolute atomic E-state index is 13.3. The zero-order valence-corrected chi connectivity index (χ0v) is 19.2. The molecule has 2 aromatic rings. The van der Waals surface area contributed by atoms with Crippen LogP contribution in [0.25, 0.3) is 0 Å². The third-order valence-electron chi connectivity index (χ3n) is 3.89. The fourth-order valence-electron chi connectivity index (χ4n) is 2.74. The van der Waals surface area contributed by atoms with Crippen molar-refractivity contribution in [1.29, 1.82) is 0 Å². The van der Waals surface area contributed by atoms with Crippen molar-refractivity contribution in [2.45, 2.75) is 31.3 Å². The van der Waals surface area contributed by atoms with Gasteiger partial charge in [0.1, 0.15) is 22.9 Å². The summed E-state index contributed by atoms with van der Waals surface area (Å²) in [5.41, 5.74) is 0.0266. The molecular formula is C19H20BrClN2O5S. The van der Waals surface area contributed by atoms with Gasteiger partial charge in [0.05, 0.1) is 17.3 Å². The predicted molar refractivity (Wildman–Crippen MR) is 115 cm³/mol. The van der Waals surface area contributed by atoms with Crippen LogP contribution in [0.3, 0.4) is 0 Å². The number of amides is 1. The fraction of sp³-hybridized carbons (Fsp3) is 0.316. The SMILES string of the molecule is CC(C)(C)OC(=O)Nc1ccc2c(c1)N(S(=O)(=O)c1cc(Br)ccc1Cl)CCO2. The Balaban J connectivity index is 1.97. The van der Waals surface area contributed by atoms with Gasteiger partial charge in [-0.1, -0.05) is 27.5 Å². The van der Waals surface area contributed by atoms with Crippen LogP contribution in [0.2, 0.25) is 5.02 Å². The van der Waals surface area contributed by atoms with Crippen LogP contribution >= 0.6 is 27.5 Å². The molecule has 1 amide bonds. The normalized spacial score (nSPS) is 14.0. The second-order valence-corrected chi connectivity index (χ2v) is 10.5. The number of sulfonamides is 1. The van der Waals surface area contributed by atoms with Gasteiger partial charge in [0, 0.05) is 10.2 Å². The van der Waals surface area contributed by atoms with Gasteiger partial charge >= 0.3 is 6.09 Å². The third kappa shape index (κ3) is 4.96. The van der Waals surface area contributed by atoms with Crippen LogP contribution in [0, 0.1) is 0 Å². The molecule has 0 aliphatic carbocycles. The van der Waals surface area contributed by atoms with E-state index in [2.05, 4.69) is 21.2 Å². The van der Waals surface area contributed by atoms with Crippen LogP contribution < -0.4 is 14.4 Å². The molecule has 1 heterocycles. The molecule has 0 aromatic heterocycles. The topological polar surface area (TPSA) is 84.9 Å². The summed E-state index contributed by atoms with van der Waals surface area (Å²) in [6, 6.07) is 9.38. The number of halogens is 2. The van der Waals surface area contributed by atoms with Crippen LogP contribution in [-0.2, 0) is 14.8 Å². The first kappa shape index (κ1) is 21.7. The van der Waals surface area contributed by atoms with Gasteiger partial charge in [0.15, 0.2) is 0 Å². The zero-order chi connectivity index (χ0) is 21.4. The Morgan fingerprint density at radius 3 is 2.66 bits per heavy atom. The van der Waals surface area contributed by atoms with E-state index in [0.717, 1.165) is 0 Å². The number of fused-ring (bicyclic) bond motifs is 1. The van der Waals surface area contributed by atoms with Gasteiger partial charge in [0.2, 0.25) is 0 Å². The van der Waals surface area contributed by atoms with Crippen LogP contribution in [0.4, 0.5) is 16.2 Å². The molecule has 0 spiro atoms. The van der Waals surface area contributed by atoms with Gasteiger partial charge in [-0.05, 0) is 57.2 Å². The minimum Gasteiger partial charge on any atom is -0.489 e. The number of anilines is 2. The van der Waals surface area contributed by atoms with E-state index in [4.69, 9.17) is 21.1 Å². The lowest BCUT2D eigenvalue weighted by Gasteiger charge is -2.31. The molecule has 2 aromatic carbocycles. The molecule has 0 atom stereocenters. The molecule has 1 aliphatic rings. The van der Waals surface area contributed by atoms with E-state index in [1.165, 1.54) is 22.5 Å². The van der Waals surface area contributed by atoms with E-state index in [0.29, 0.717) is 21.6 Å². The largest absolute Gasteiger partial charge is 0.489 e. The van der Waals surface area contributed by atoms with Crippen molar-refractivity contribution in [3.8, 4) is 5.75 Å². The first-order valence-electron chi connectivity index (χ1n) is 8.72. The summed E-state index contributed by atoms with van der Waals surface area (Å²) < 4.78 is 39.2. The minimum absolute atomic E-state index is 0.0214. The second kappa shape index (κ2) is 8.04. The average Bonchev–Trinajstić information content (AvgIpc) is 2.61. The summed E-state index contributed by atoms with van der Waals surface area (Å²) in [5.74, 6) is 0.390. The summed E-state index contributed by atoms with van der Waals surface area (Å²) in [6.07, 6.45) is -0.640. The fourth-order valence-corrected chi connectivity index (χ4v) is 5.20. The van der Waals surface area contributed by atoms with Gasteiger partial charge in [0.25, 0.3) is 10.0 Å². The minimum atomic E-state index is -3.96. The summed E-state index contributed by atoms with van der Waals surface area (Å²) in [4.78, 5) is 12.0. The van der Waals surface area contributed by atoms with Gasteiger partial charge in [-0.2, -0.15) is 0 Å². The molecule has 7 nitrogen and oxygen atoms in total. The van der Waals surface area contributed by atoms with Crippen molar-refractivity contribution in [2.75, 3.05) is 22.8 Å². The highest BCUT2D eigenvalue weighted by Gasteiger charge is 2.32. The highest BCUT2D eigenvalue weighted by atomic mass is 79.9. The van der Waals surface area contributed by atoms with E-state index in [-0.39, 0.29) is 23.1 Å². The molecule has 0 radical (unpaired) electrons. The molecule has 0 saturated heterocycles. The van der Waals surface area contributed by atoms with Crippen molar-refractivity contribution in [1.82, 2.24) is 0 Å². The Kier molecular flexibility index (Phi) is 6.03. The number of nitrogens with one attached hydrogen (secondary N) is 1. The first-order valence-corrected chi connectivity index (χ1v) is 11.3. The second-order valence-electron chi connectivity index (χ2n) is 7.31. The van der Waals surface area contributed by atoms with Crippen molar-refractivity contribution in [3.05, 3.63) is 45.9 Å². The van der Waals surface area contributed by atoms with E-state index < -0.39 is 21.7 Å². The number of ether oxygens (including phenoxy) is 2. The highest BCUT2D eigenvalue weighted by Crippen LogP contribution is 2.39. The Morgan fingerprint density at radius 2 is 1.97 bits per heavy atom. The molecule has 0 bridgehead atoms. The lowest BCUT2D eigenvalue weighted by Crippen LogP contribution is -2.38. The van der Waals surface area contributed by atoms with Gasteiger partial charge in [-0.15, -0.1) is 0 Å². The van der Waals surface area contributed by atoms with Crippen molar-refractivity contribution in [3.63, 3.8) is 0 Å². The standard InChI is InChI=1S/C19H20BrClN2O5S/c1-19(2,3)28-18(24)22-13-5-7-16-15(11-13)23(8-9-27-16)29(25,26)17-10-12(20)4-6-14(17)21/h4-7,10-11H,8-9H2,1-3H3,(H,22,24). The number of carbonyl (C=O) groups excluding carboxylic acids is 1. The smallest absolute Gasteiger partial charge is 0.412 e. The van der Waals surface area contributed by atoms with Crippen LogP contribution in [0.1, 0.15) is 20.8 Å². The number of hydrogen-bond donors (Lipinski definition) is 1. The maximum atomic E-state index is 13.3. The molecule has 3 rings (SSSR count). The number of nitrogens with zero attached hydrogens (tertiary/aromatic N) is 1. The number of rotatable bonds is 3. The van der Waals surface area contributed by atoms with E-state index in [1.807, 2.05) is 0 Å². The molecule has 0 fully saturated rings. The Labute approximate surface area is 183 Å². The van der Waals surface area contributed by atoms with Crippen LogP contribution in [-0.4, -0.2) is 33.3 Å². The first-order chi connectivity index (χ1) is 13.5. The Morgan fingerprint density at radius 1 is 1.24 bits per heavy atom. The molecule has 10 heteroatoms. The summed E-state index contributed by atoms with van der Waals surface area (Å²) in [6.45, 7) is 5.56. The van der Waals surface area contributed by atoms with E-state index in [1.54, 1.807) is 39.0 Å². The summed E-state index contributed by atoms with van der Waals surface area (Å²) in [7, 11) is -3.96. The summed E-state index contributed by atoms with van der Waals surface area (Å²) in [5, 5.41) is 2.72. The molecule has 1 N–H and O–H groups in total. The van der Waals surface area contributed by atoms with E-state index >= 15 is 0 Å². The maximum Gasteiger partial charge on any atom is 0.412 e.